The summed E-state index contributed by atoms with van der Waals surface area (Å²) in [6.45, 7) is 0. The fourth-order valence-corrected chi connectivity index (χ4v) is 2.44. The highest BCUT2D eigenvalue weighted by Gasteiger charge is 2.16. The average Bonchev–Trinajstić information content (AvgIpc) is 2.71. The lowest BCUT2D eigenvalue weighted by molar-refractivity contribution is 0.580. The van der Waals surface area contributed by atoms with Gasteiger partial charge in [0.05, 0.1) is 4.90 Å². The molecule has 0 fully saturated rings. The fraction of sp³-hybridized carbons (Fsp3) is 0. The standard InChI is InChI=1S/C8H6IN3O2S/c9-7-1-3-8(4-2-7)15(13,14)12-6-10-5-11-12/h1-6H. The maximum absolute atomic E-state index is 11.9. The van der Waals surface area contributed by atoms with Gasteiger partial charge in [-0.15, -0.1) is 9.19 Å². The molecule has 5 nitrogen and oxygen atoms in total. The molecule has 0 bridgehead atoms. The molecule has 0 aliphatic carbocycles. The van der Waals surface area contributed by atoms with Gasteiger partial charge >= 0.3 is 0 Å². The van der Waals surface area contributed by atoms with Crippen LogP contribution in [0.1, 0.15) is 0 Å². The van der Waals surface area contributed by atoms with Crippen molar-refractivity contribution in [3.63, 3.8) is 0 Å². The Hall–Kier alpha value is -0.960. The van der Waals surface area contributed by atoms with Crippen molar-refractivity contribution < 1.29 is 8.42 Å². The van der Waals surface area contributed by atoms with Gasteiger partial charge in [-0.1, -0.05) is 0 Å². The molecule has 0 amide bonds. The molecule has 0 saturated carbocycles. The van der Waals surface area contributed by atoms with Crippen LogP contribution in [-0.4, -0.2) is 22.6 Å². The predicted molar refractivity (Wildman–Crippen MR) is 61.8 cm³/mol. The molecule has 78 valence electrons. The minimum absolute atomic E-state index is 0.202. The molecule has 15 heavy (non-hydrogen) atoms. The zero-order chi connectivity index (χ0) is 10.9. The van der Waals surface area contributed by atoms with Gasteiger partial charge in [-0.3, -0.25) is 0 Å². The van der Waals surface area contributed by atoms with Gasteiger partial charge in [0.15, 0.2) is 0 Å². The maximum Gasteiger partial charge on any atom is 0.284 e. The molecule has 7 heteroatoms. The zero-order valence-corrected chi connectivity index (χ0v) is 10.4. The Morgan fingerprint density at radius 2 is 1.87 bits per heavy atom. The van der Waals surface area contributed by atoms with Gasteiger partial charge in [-0.2, -0.15) is 8.42 Å². The second-order valence-corrected chi connectivity index (χ2v) is 5.77. The van der Waals surface area contributed by atoms with Crippen LogP contribution < -0.4 is 0 Å². The molecule has 0 atom stereocenters. The summed E-state index contributed by atoms with van der Waals surface area (Å²) in [6.07, 6.45) is 2.34. The van der Waals surface area contributed by atoms with E-state index in [0.29, 0.717) is 0 Å². The Morgan fingerprint density at radius 3 is 2.40 bits per heavy atom. The van der Waals surface area contributed by atoms with E-state index in [1.165, 1.54) is 6.33 Å². The summed E-state index contributed by atoms with van der Waals surface area (Å²) in [5.74, 6) is 0. The van der Waals surface area contributed by atoms with Crippen LogP contribution in [0.25, 0.3) is 0 Å². The van der Waals surface area contributed by atoms with Gasteiger partial charge in [0, 0.05) is 3.57 Å². The molecule has 0 aliphatic heterocycles. The lowest BCUT2D eigenvalue weighted by Gasteiger charge is -2.02. The number of hydrogen-bond donors (Lipinski definition) is 0. The van der Waals surface area contributed by atoms with Crippen LogP contribution in [0.15, 0.2) is 41.8 Å². The van der Waals surface area contributed by atoms with Crippen LogP contribution in [-0.2, 0) is 10.0 Å². The molecule has 1 aromatic heterocycles. The molecule has 0 aliphatic rings. The first kappa shape index (κ1) is 10.6. The molecular formula is C8H6IN3O2S. The first-order valence-electron chi connectivity index (χ1n) is 3.96. The fourth-order valence-electron chi connectivity index (χ4n) is 1.04. The van der Waals surface area contributed by atoms with Crippen LogP contribution in [0.5, 0.6) is 0 Å². The topological polar surface area (TPSA) is 64.8 Å². The van der Waals surface area contributed by atoms with Gasteiger partial charge in [-0.25, -0.2) is 4.98 Å². The largest absolute Gasteiger partial charge is 0.284 e. The highest BCUT2D eigenvalue weighted by molar-refractivity contribution is 14.1. The molecule has 0 spiro atoms. The van der Waals surface area contributed by atoms with Crippen molar-refractivity contribution in [2.45, 2.75) is 4.90 Å². The number of nitrogens with zero attached hydrogens (tertiary/aromatic N) is 3. The average molecular weight is 335 g/mol. The second-order valence-electron chi connectivity index (χ2n) is 2.73. The molecule has 0 unspecified atom stereocenters. The van der Waals surface area contributed by atoms with Crippen molar-refractivity contribution in [1.82, 2.24) is 14.2 Å². The summed E-state index contributed by atoms with van der Waals surface area (Å²) in [4.78, 5) is 3.80. The van der Waals surface area contributed by atoms with Crippen LogP contribution in [0.2, 0.25) is 0 Å². The second kappa shape index (κ2) is 3.89. The Balaban J connectivity index is 2.52. The lowest BCUT2D eigenvalue weighted by Crippen LogP contribution is -2.13. The summed E-state index contributed by atoms with van der Waals surface area (Å²) >= 11 is 2.11. The molecule has 2 rings (SSSR count). The summed E-state index contributed by atoms with van der Waals surface area (Å²) in [6, 6.07) is 6.53. The number of aromatic nitrogens is 3. The van der Waals surface area contributed by atoms with Crippen molar-refractivity contribution in [3.8, 4) is 0 Å². The smallest absolute Gasteiger partial charge is 0.222 e. The third-order valence-electron chi connectivity index (χ3n) is 1.76. The minimum atomic E-state index is -3.57. The van der Waals surface area contributed by atoms with E-state index in [-0.39, 0.29) is 4.90 Å². The van der Waals surface area contributed by atoms with E-state index in [2.05, 4.69) is 32.7 Å². The molecule has 1 aromatic carbocycles. The monoisotopic (exact) mass is 335 g/mol. The Kier molecular flexibility index (Phi) is 2.74. The third-order valence-corrected chi connectivity index (χ3v) is 4.02. The molecule has 0 saturated heterocycles. The zero-order valence-electron chi connectivity index (χ0n) is 7.41. The van der Waals surface area contributed by atoms with Gasteiger partial charge in [0.25, 0.3) is 10.0 Å². The van der Waals surface area contributed by atoms with E-state index in [1.807, 2.05) is 0 Å². The van der Waals surface area contributed by atoms with E-state index in [4.69, 9.17) is 0 Å². The third kappa shape index (κ3) is 2.02. The molecule has 0 radical (unpaired) electrons. The number of hydrogen-bond acceptors (Lipinski definition) is 4. The van der Waals surface area contributed by atoms with E-state index in [9.17, 15) is 8.42 Å². The first-order valence-corrected chi connectivity index (χ1v) is 6.48. The van der Waals surface area contributed by atoms with E-state index < -0.39 is 10.0 Å². The highest BCUT2D eigenvalue weighted by atomic mass is 127. The maximum atomic E-state index is 11.9. The Bertz CT molecular complexity index is 548. The molecule has 0 N–H and O–H groups in total. The summed E-state index contributed by atoms with van der Waals surface area (Å²) in [7, 11) is -3.57. The summed E-state index contributed by atoms with van der Waals surface area (Å²) in [5, 5.41) is 3.60. The number of benzene rings is 1. The van der Waals surface area contributed by atoms with Crippen LogP contribution in [0, 0.1) is 3.57 Å². The molecular weight excluding hydrogens is 329 g/mol. The lowest BCUT2D eigenvalue weighted by atomic mass is 10.4. The van der Waals surface area contributed by atoms with Crippen molar-refractivity contribution >= 4 is 32.6 Å². The van der Waals surface area contributed by atoms with E-state index in [0.717, 1.165) is 14.0 Å². The predicted octanol–water partition coefficient (Wildman–Crippen LogP) is 1.12. The quantitative estimate of drug-likeness (QED) is 0.772. The van der Waals surface area contributed by atoms with Crippen LogP contribution in [0.4, 0.5) is 0 Å². The van der Waals surface area contributed by atoms with Crippen molar-refractivity contribution in [2.24, 2.45) is 0 Å². The SMILES string of the molecule is O=S(=O)(c1ccc(I)cc1)n1cncn1. The molecule has 1 heterocycles. The van der Waals surface area contributed by atoms with Crippen LogP contribution >= 0.6 is 22.6 Å². The highest BCUT2D eigenvalue weighted by Crippen LogP contribution is 2.14. The van der Waals surface area contributed by atoms with Crippen molar-refractivity contribution in [1.29, 1.82) is 0 Å². The number of rotatable bonds is 2. The Morgan fingerprint density at radius 1 is 1.20 bits per heavy atom. The first-order chi connectivity index (χ1) is 7.10. The van der Waals surface area contributed by atoms with Crippen LogP contribution in [0.3, 0.4) is 0 Å². The van der Waals surface area contributed by atoms with E-state index >= 15 is 0 Å². The normalized spacial score (nSPS) is 11.5. The van der Waals surface area contributed by atoms with Crippen molar-refractivity contribution in [3.05, 3.63) is 40.5 Å². The van der Waals surface area contributed by atoms with Gasteiger partial charge in [0.2, 0.25) is 0 Å². The van der Waals surface area contributed by atoms with Gasteiger partial charge in [-0.05, 0) is 46.9 Å². The Labute approximate surface area is 100 Å². The van der Waals surface area contributed by atoms with E-state index in [1.54, 1.807) is 24.3 Å². The number of halogens is 1. The van der Waals surface area contributed by atoms with Gasteiger partial charge in [0.1, 0.15) is 12.7 Å². The molecule has 2 aromatic rings. The summed E-state index contributed by atoms with van der Waals surface area (Å²) < 4.78 is 25.5. The summed E-state index contributed by atoms with van der Waals surface area (Å²) in [5.41, 5.74) is 0. The van der Waals surface area contributed by atoms with Crippen molar-refractivity contribution in [2.75, 3.05) is 0 Å². The minimum Gasteiger partial charge on any atom is -0.222 e. The van der Waals surface area contributed by atoms with Gasteiger partial charge < -0.3 is 0 Å².